The maximum atomic E-state index is 3.74. The first-order valence-electron chi connectivity index (χ1n) is 6.85. The van der Waals surface area contributed by atoms with Crippen molar-refractivity contribution >= 4 is 0 Å². The van der Waals surface area contributed by atoms with Crippen molar-refractivity contribution in [1.82, 2.24) is 10.2 Å². The summed E-state index contributed by atoms with van der Waals surface area (Å²) in [7, 11) is 0. The fraction of sp³-hybridized carbons (Fsp3) is 0.857. The molecule has 92 valence electrons. The third kappa shape index (κ3) is 4.26. The Kier molecular flexibility index (Phi) is 4.42. The monoisotopic (exact) mass is 222 g/mol. The van der Waals surface area contributed by atoms with Crippen molar-refractivity contribution in [2.45, 2.75) is 38.6 Å². The first-order chi connectivity index (χ1) is 7.79. The van der Waals surface area contributed by atoms with E-state index in [0.717, 1.165) is 24.9 Å². The van der Waals surface area contributed by atoms with E-state index in [1.54, 1.807) is 0 Å². The SMILES string of the molecule is C=CCNCC(C)N(CC1CC1)CC1CC1. The molecule has 2 heteroatoms. The van der Waals surface area contributed by atoms with Crippen molar-refractivity contribution in [3.8, 4) is 0 Å². The summed E-state index contributed by atoms with van der Waals surface area (Å²) in [6, 6.07) is 0.682. The number of hydrogen-bond acceptors (Lipinski definition) is 2. The molecule has 0 spiro atoms. The van der Waals surface area contributed by atoms with Crippen molar-refractivity contribution in [3.63, 3.8) is 0 Å². The van der Waals surface area contributed by atoms with Crippen LogP contribution in [-0.4, -0.2) is 37.1 Å². The number of hydrogen-bond donors (Lipinski definition) is 1. The predicted molar refractivity (Wildman–Crippen MR) is 69.5 cm³/mol. The highest BCUT2D eigenvalue weighted by molar-refractivity contribution is 4.85. The van der Waals surface area contributed by atoms with Gasteiger partial charge in [-0.25, -0.2) is 0 Å². The Morgan fingerprint density at radius 1 is 1.25 bits per heavy atom. The van der Waals surface area contributed by atoms with E-state index in [4.69, 9.17) is 0 Å². The molecule has 0 aromatic carbocycles. The standard InChI is InChI=1S/C14H26N2/c1-3-8-15-9-12(2)16(10-13-4-5-13)11-14-6-7-14/h3,12-15H,1,4-11H2,2H3. The van der Waals surface area contributed by atoms with Crippen molar-refractivity contribution in [2.24, 2.45) is 11.8 Å². The van der Waals surface area contributed by atoms with Crippen LogP contribution in [0.4, 0.5) is 0 Å². The molecule has 2 aliphatic carbocycles. The molecular formula is C14H26N2. The summed E-state index contributed by atoms with van der Waals surface area (Å²) in [5.41, 5.74) is 0. The van der Waals surface area contributed by atoms with Gasteiger partial charge in [0.1, 0.15) is 0 Å². The fourth-order valence-corrected chi connectivity index (χ4v) is 2.22. The van der Waals surface area contributed by atoms with E-state index in [0.29, 0.717) is 6.04 Å². The summed E-state index contributed by atoms with van der Waals surface area (Å²) in [4.78, 5) is 2.71. The molecule has 2 nitrogen and oxygen atoms in total. The number of nitrogens with one attached hydrogen (secondary N) is 1. The largest absolute Gasteiger partial charge is 0.312 e. The second kappa shape index (κ2) is 5.83. The van der Waals surface area contributed by atoms with E-state index < -0.39 is 0 Å². The van der Waals surface area contributed by atoms with Crippen LogP contribution in [0.15, 0.2) is 12.7 Å². The first-order valence-corrected chi connectivity index (χ1v) is 6.85. The minimum absolute atomic E-state index is 0.682. The Morgan fingerprint density at radius 2 is 1.81 bits per heavy atom. The van der Waals surface area contributed by atoms with Gasteiger partial charge in [-0.3, -0.25) is 4.90 Å². The van der Waals surface area contributed by atoms with Gasteiger partial charge in [-0.2, -0.15) is 0 Å². The molecule has 2 saturated carbocycles. The van der Waals surface area contributed by atoms with Gasteiger partial charge in [0.2, 0.25) is 0 Å². The Hall–Kier alpha value is -0.340. The molecule has 0 bridgehead atoms. The van der Waals surface area contributed by atoms with Crippen molar-refractivity contribution in [1.29, 1.82) is 0 Å². The maximum absolute atomic E-state index is 3.74. The average molecular weight is 222 g/mol. The molecule has 2 aliphatic rings. The van der Waals surface area contributed by atoms with Gasteiger partial charge < -0.3 is 5.32 Å². The second-order valence-corrected chi connectivity index (χ2v) is 5.64. The van der Waals surface area contributed by atoms with E-state index in [1.807, 2.05) is 6.08 Å². The number of rotatable bonds is 9. The van der Waals surface area contributed by atoms with Crippen LogP contribution in [0.1, 0.15) is 32.6 Å². The van der Waals surface area contributed by atoms with Crippen LogP contribution in [0, 0.1) is 11.8 Å². The smallest absolute Gasteiger partial charge is 0.0192 e. The van der Waals surface area contributed by atoms with Gasteiger partial charge in [0.05, 0.1) is 0 Å². The van der Waals surface area contributed by atoms with Crippen LogP contribution in [0.3, 0.4) is 0 Å². The lowest BCUT2D eigenvalue weighted by molar-refractivity contribution is 0.189. The molecule has 0 aromatic rings. The summed E-state index contributed by atoms with van der Waals surface area (Å²) in [5, 5.41) is 3.44. The zero-order chi connectivity index (χ0) is 11.4. The molecule has 0 radical (unpaired) electrons. The van der Waals surface area contributed by atoms with E-state index in [2.05, 4.69) is 23.7 Å². The van der Waals surface area contributed by atoms with Gasteiger partial charge in [-0.1, -0.05) is 6.08 Å². The molecule has 0 aliphatic heterocycles. The Labute approximate surface area is 100 Å². The summed E-state index contributed by atoms with van der Waals surface area (Å²) in [6.45, 7) is 10.8. The third-order valence-corrected chi connectivity index (χ3v) is 3.73. The van der Waals surface area contributed by atoms with Crippen LogP contribution in [0.2, 0.25) is 0 Å². The first kappa shape index (κ1) is 12.1. The van der Waals surface area contributed by atoms with Gasteiger partial charge in [0, 0.05) is 32.2 Å². The molecule has 0 amide bonds. The Bertz CT molecular complexity index is 205. The summed E-state index contributed by atoms with van der Waals surface area (Å²) >= 11 is 0. The lowest BCUT2D eigenvalue weighted by Crippen LogP contribution is -2.42. The van der Waals surface area contributed by atoms with Crippen LogP contribution < -0.4 is 5.32 Å². The molecule has 0 saturated heterocycles. The molecule has 0 heterocycles. The summed E-state index contributed by atoms with van der Waals surface area (Å²) < 4.78 is 0. The lowest BCUT2D eigenvalue weighted by Gasteiger charge is -2.29. The molecule has 1 N–H and O–H groups in total. The van der Waals surface area contributed by atoms with E-state index in [9.17, 15) is 0 Å². The van der Waals surface area contributed by atoms with Crippen molar-refractivity contribution in [3.05, 3.63) is 12.7 Å². The zero-order valence-electron chi connectivity index (χ0n) is 10.6. The molecular weight excluding hydrogens is 196 g/mol. The second-order valence-electron chi connectivity index (χ2n) is 5.64. The average Bonchev–Trinajstić information content (AvgIpc) is 3.11. The van der Waals surface area contributed by atoms with Crippen molar-refractivity contribution < 1.29 is 0 Å². The molecule has 1 atom stereocenters. The van der Waals surface area contributed by atoms with Gasteiger partial charge in [0.25, 0.3) is 0 Å². The quantitative estimate of drug-likeness (QED) is 0.475. The third-order valence-electron chi connectivity index (χ3n) is 3.73. The van der Waals surface area contributed by atoms with Crippen LogP contribution in [0.25, 0.3) is 0 Å². The highest BCUT2D eigenvalue weighted by atomic mass is 15.2. The van der Waals surface area contributed by atoms with E-state index in [-0.39, 0.29) is 0 Å². The number of nitrogens with zero attached hydrogens (tertiary/aromatic N) is 1. The fourth-order valence-electron chi connectivity index (χ4n) is 2.22. The predicted octanol–water partition coefficient (Wildman–Crippen LogP) is 2.27. The molecule has 0 aromatic heterocycles. The summed E-state index contributed by atoms with van der Waals surface area (Å²) in [6.07, 6.45) is 7.81. The normalized spacial score (nSPS) is 22.4. The van der Waals surface area contributed by atoms with Gasteiger partial charge in [0.15, 0.2) is 0 Å². The minimum Gasteiger partial charge on any atom is -0.312 e. The molecule has 16 heavy (non-hydrogen) atoms. The minimum atomic E-state index is 0.682. The van der Waals surface area contributed by atoms with Gasteiger partial charge in [-0.15, -0.1) is 6.58 Å². The van der Waals surface area contributed by atoms with Crippen LogP contribution >= 0.6 is 0 Å². The van der Waals surface area contributed by atoms with Crippen LogP contribution in [-0.2, 0) is 0 Å². The molecule has 2 rings (SSSR count). The van der Waals surface area contributed by atoms with Crippen LogP contribution in [0.5, 0.6) is 0 Å². The molecule has 2 fully saturated rings. The maximum Gasteiger partial charge on any atom is 0.0192 e. The van der Waals surface area contributed by atoms with E-state index in [1.165, 1.54) is 38.8 Å². The van der Waals surface area contributed by atoms with Gasteiger partial charge >= 0.3 is 0 Å². The van der Waals surface area contributed by atoms with E-state index >= 15 is 0 Å². The Balaban J connectivity index is 1.70. The highest BCUT2D eigenvalue weighted by Crippen LogP contribution is 2.34. The highest BCUT2D eigenvalue weighted by Gasteiger charge is 2.30. The lowest BCUT2D eigenvalue weighted by atomic mass is 10.2. The zero-order valence-corrected chi connectivity index (χ0v) is 10.6. The molecule has 1 unspecified atom stereocenters. The topological polar surface area (TPSA) is 15.3 Å². The Morgan fingerprint density at radius 3 is 2.25 bits per heavy atom. The summed E-state index contributed by atoms with van der Waals surface area (Å²) in [5.74, 6) is 2.03. The van der Waals surface area contributed by atoms with Gasteiger partial charge in [-0.05, 0) is 44.4 Å². The van der Waals surface area contributed by atoms with Crippen molar-refractivity contribution in [2.75, 3.05) is 26.2 Å².